The molecular formula is C20H28ClFN4O2. The third-order valence-electron chi connectivity index (χ3n) is 6.01. The quantitative estimate of drug-likeness (QED) is 0.714. The van der Waals surface area contributed by atoms with Gasteiger partial charge in [0.1, 0.15) is 5.82 Å². The Balaban J connectivity index is 0.00000225. The Morgan fingerprint density at radius 3 is 2.46 bits per heavy atom. The number of carbonyl (C=O) groups excluding carboxylic acids is 2. The number of piperidine rings is 1. The van der Waals surface area contributed by atoms with Crippen LogP contribution in [0.2, 0.25) is 0 Å². The van der Waals surface area contributed by atoms with Gasteiger partial charge in [-0.1, -0.05) is 0 Å². The number of halogens is 2. The predicted octanol–water partition coefficient (Wildman–Crippen LogP) is 2.89. The SMILES string of the molecule is Cl.O=C(Nc1ccc(F)cc1)NC1CCN(C(=O)CC2CC3CCC(C2)N3)C1. The summed E-state index contributed by atoms with van der Waals surface area (Å²) in [5.41, 5.74) is 0.542. The number of hydrogen-bond acceptors (Lipinski definition) is 3. The predicted molar refractivity (Wildman–Crippen MR) is 108 cm³/mol. The number of fused-ring (bicyclic) bond motifs is 2. The maximum atomic E-state index is 12.9. The first-order valence-corrected chi connectivity index (χ1v) is 9.92. The van der Waals surface area contributed by atoms with Crippen molar-refractivity contribution in [3.8, 4) is 0 Å². The van der Waals surface area contributed by atoms with Crippen molar-refractivity contribution in [1.82, 2.24) is 15.5 Å². The first kappa shape index (κ1) is 20.9. The van der Waals surface area contributed by atoms with E-state index in [0.717, 1.165) is 19.3 Å². The zero-order valence-electron chi connectivity index (χ0n) is 15.8. The van der Waals surface area contributed by atoms with Crippen LogP contribution in [-0.2, 0) is 4.79 Å². The first-order chi connectivity index (χ1) is 13.0. The molecule has 0 spiro atoms. The van der Waals surface area contributed by atoms with Crippen LogP contribution in [0.15, 0.2) is 24.3 Å². The molecule has 3 N–H and O–H groups in total. The Morgan fingerprint density at radius 2 is 1.79 bits per heavy atom. The van der Waals surface area contributed by atoms with Gasteiger partial charge < -0.3 is 20.9 Å². The molecule has 154 valence electrons. The Kier molecular flexibility index (Phi) is 6.78. The van der Waals surface area contributed by atoms with Gasteiger partial charge in [-0.2, -0.15) is 0 Å². The summed E-state index contributed by atoms with van der Waals surface area (Å²) in [4.78, 5) is 26.6. The molecule has 3 saturated heterocycles. The van der Waals surface area contributed by atoms with Crippen LogP contribution in [0.5, 0.6) is 0 Å². The topological polar surface area (TPSA) is 73.5 Å². The first-order valence-electron chi connectivity index (χ1n) is 9.92. The summed E-state index contributed by atoms with van der Waals surface area (Å²) in [7, 11) is 0. The van der Waals surface area contributed by atoms with E-state index in [9.17, 15) is 14.0 Å². The fourth-order valence-electron chi connectivity index (χ4n) is 4.71. The summed E-state index contributed by atoms with van der Waals surface area (Å²) < 4.78 is 12.9. The maximum absolute atomic E-state index is 12.9. The Labute approximate surface area is 171 Å². The van der Waals surface area contributed by atoms with E-state index < -0.39 is 0 Å². The van der Waals surface area contributed by atoms with E-state index in [2.05, 4.69) is 16.0 Å². The average molecular weight is 411 g/mol. The largest absolute Gasteiger partial charge is 0.341 e. The minimum atomic E-state index is -0.340. The van der Waals surface area contributed by atoms with Gasteiger partial charge in [0.15, 0.2) is 0 Å². The number of anilines is 1. The van der Waals surface area contributed by atoms with Gasteiger partial charge in [0.25, 0.3) is 0 Å². The van der Waals surface area contributed by atoms with Gasteiger partial charge in [0, 0.05) is 43.3 Å². The summed E-state index contributed by atoms with van der Waals surface area (Å²) in [6.45, 7) is 1.26. The highest BCUT2D eigenvalue weighted by atomic mass is 35.5. The lowest BCUT2D eigenvalue weighted by molar-refractivity contribution is -0.131. The van der Waals surface area contributed by atoms with E-state index in [0.29, 0.717) is 43.2 Å². The molecule has 0 aromatic heterocycles. The van der Waals surface area contributed by atoms with Crippen LogP contribution in [0, 0.1) is 11.7 Å². The number of amides is 3. The van der Waals surface area contributed by atoms with Crippen molar-refractivity contribution < 1.29 is 14.0 Å². The lowest BCUT2D eigenvalue weighted by Gasteiger charge is -2.30. The van der Waals surface area contributed by atoms with Crippen LogP contribution in [0.4, 0.5) is 14.9 Å². The Bertz CT molecular complexity index is 690. The van der Waals surface area contributed by atoms with E-state index in [1.165, 1.54) is 37.1 Å². The number of nitrogens with zero attached hydrogens (tertiary/aromatic N) is 1. The second kappa shape index (κ2) is 9.09. The van der Waals surface area contributed by atoms with E-state index in [1.54, 1.807) is 0 Å². The highest BCUT2D eigenvalue weighted by Crippen LogP contribution is 2.33. The van der Waals surface area contributed by atoms with Crippen molar-refractivity contribution in [1.29, 1.82) is 0 Å². The maximum Gasteiger partial charge on any atom is 0.319 e. The van der Waals surface area contributed by atoms with Gasteiger partial charge in [0.2, 0.25) is 5.91 Å². The number of nitrogens with one attached hydrogen (secondary N) is 3. The summed E-state index contributed by atoms with van der Waals surface area (Å²) in [5, 5.41) is 9.22. The lowest BCUT2D eigenvalue weighted by atomic mass is 9.89. The highest BCUT2D eigenvalue weighted by molar-refractivity contribution is 5.89. The molecule has 3 aliphatic rings. The van der Waals surface area contributed by atoms with Gasteiger partial charge in [-0.3, -0.25) is 4.79 Å². The average Bonchev–Trinajstić information content (AvgIpc) is 3.23. The van der Waals surface area contributed by atoms with Crippen molar-refractivity contribution >= 4 is 30.0 Å². The number of urea groups is 1. The molecule has 3 unspecified atom stereocenters. The second-order valence-corrected chi connectivity index (χ2v) is 8.11. The van der Waals surface area contributed by atoms with Gasteiger partial charge in [-0.15, -0.1) is 12.4 Å². The van der Waals surface area contributed by atoms with Crippen LogP contribution in [-0.4, -0.2) is 48.1 Å². The van der Waals surface area contributed by atoms with Gasteiger partial charge in [0.05, 0.1) is 0 Å². The number of likely N-dealkylation sites (tertiary alicyclic amines) is 1. The zero-order valence-corrected chi connectivity index (χ0v) is 16.6. The molecule has 4 rings (SSSR count). The summed E-state index contributed by atoms with van der Waals surface area (Å²) in [6.07, 6.45) is 6.10. The molecule has 1 aromatic rings. The van der Waals surface area contributed by atoms with Gasteiger partial charge >= 0.3 is 6.03 Å². The number of carbonyl (C=O) groups is 2. The summed E-state index contributed by atoms with van der Waals surface area (Å²) in [6, 6.07) is 6.48. The molecular weight excluding hydrogens is 383 g/mol. The minimum absolute atomic E-state index is 0. The van der Waals surface area contributed by atoms with Crippen molar-refractivity contribution in [2.45, 2.75) is 56.7 Å². The van der Waals surface area contributed by atoms with E-state index in [1.807, 2.05) is 4.90 Å². The molecule has 3 heterocycles. The standard InChI is InChI=1S/C20H27FN4O2.ClH/c21-14-1-3-15(4-2-14)23-20(27)24-18-7-8-25(12-18)19(26)11-13-9-16-5-6-17(10-13)22-16;/h1-4,13,16-18,22H,5-12H2,(H2,23,24,27);1H. The zero-order chi connectivity index (χ0) is 18.8. The number of benzene rings is 1. The number of hydrogen-bond donors (Lipinski definition) is 3. The smallest absolute Gasteiger partial charge is 0.319 e. The van der Waals surface area contributed by atoms with E-state index >= 15 is 0 Å². The molecule has 0 radical (unpaired) electrons. The van der Waals surface area contributed by atoms with Crippen molar-refractivity contribution in [3.63, 3.8) is 0 Å². The van der Waals surface area contributed by atoms with Crippen LogP contribution in [0.3, 0.4) is 0 Å². The second-order valence-electron chi connectivity index (χ2n) is 8.11. The molecule has 8 heteroatoms. The van der Waals surface area contributed by atoms with Crippen LogP contribution < -0.4 is 16.0 Å². The third-order valence-corrected chi connectivity index (χ3v) is 6.01. The van der Waals surface area contributed by atoms with Crippen molar-refractivity contribution in [3.05, 3.63) is 30.1 Å². The molecule has 2 bridgehead atoms. The number of rotatable bonds is 4. The minimum Gasteiger partial charge on any atom is -0.341 e. The monoisotopic (exact) mass is 410 g/mol. The molecule has 3 atom stereocenters. The normalized spacial score (nSPS) is 28.5. The van der Waals surface area contributed by atoms with Crippen molar-refractivity contribution in [2.75, 3.05) is 18.4 Å². The molecule has 28 heavy (non-hydrogen) atoms. The molecule has 3 amide bonds. The van der Waals surface area contributed by atoms with Gasteiger partial charge in [-0.25, -0.2) is 9.18 Å². The summed E-state index contributed by atoms with van der Waals surface area (Å²) >= 11 is 0. The lowest BCUT2D eigenvalue weighted by Crippen LogP contribution is -2.42. The fourth-order valence-corrected chi connectivity index (χ4v) is 4.71. The Morgan fingerprint density at radius 1 is 1.11 bits per heavy atom. The van der Waals surface area contributed by atoms with Gasteiger partial charge in [-0.05, 0) is 62.3 Å². The summed E-state index contributed by atoms with van der Waals surface area (Å²) in [5.74, 6) is 0.363. The molecule has 0 aliphatic carbocycles. The van der Waals surface area contributed by atoms with Crippen LogP contribution in [0.25, 0.3) is 0 Å². The molecule has 3 aliphatic heterocycles. The highest BCUT2D eigenvalue weighted by Gasteiger charge is 2.36. The molecule has 0 saturated carbocycles. The van der Waals surface area contributed by atoms with Crippen LogP contribution in [0.1, 0.15) is 38.5 Å². The van der Waals surface area contributed by atoms with Crippen LogP contribution >= 0.6 is 12.4 Å². The molecule has 1 aromatic carbocycles. The Hall–Kier alpha value is -1.86. The fraction of sp³-hybridized carbons (Fsp3) is 0.600. The van der Waals surface area contributed by atoms with E-state index in [-0.39, 0.29) is 36.2 Å². The van der Waals surface area contributed by atoms with Crippen molar-refractivity contribution in [2.24, 2.45) is 5.92 Å². The third kappa shape index (κ3) is 5.14. The molecule has 6 nitrogen and oxygen atoms in total. The van der Waals surface area contributed by atoms with E-state index in [4.69, 9.17) is 0 Å². The molecule has 3 fully saturated rings.